The normalized spacial score (nSPS) is 39.2. The molecule has 2 N–H and O–H groups in total. The Morgan fingerprint density at radius 3 is 2.41 bits per heavy atom. The molecule has 17 heavy (non-hydrogen) atoms. The zero-order valence-electron chi connectivity index (χ0n) is 10.7. The van der Waals surface area contributed by atoms with Crippen molar-refractivity contribution >= 4 is 5.97 Å². The molecule has 2 aliphatic rings. The molecule has 2 fully saturated rings. The van der Waals surface area contributed by atoms with Crippen molar-refractivity contribution in [3.63, 3.8) is 0 Å². The minimum atomic E-state index is -0.794. The maximum Gasteiger partial charge on any atom is 0.312 e. The third-order valence-electron chi connectivity index (χ3n) is 4.98. The SMILES string of the molecule is CCC1(CC)O[C@@]2(CO)CCC[C@@]1(C(=O)O)C2. The van der Waals surface area contributed by atoms with Crippen molar-refractivity contribution in [1.29, 1.82) is 0 Å². The maximum atomic E-state index is 11.8. The molecule has 0 aromatic carbocycles. The molecule has 0 radical (unpaired) electrons. The van der Waals surface area contributed by atoms with E-state index in [0.717, 1.165) is 12.8 Å². The molecule has 2 atom stereocenters. The van der Waals surface area contributed by atoms with Gasteiger partial charge in [-0.15, -0.1) is 0 Å². The fourth-order valence-corrected chi connectivity index (χ4v) is 4.04. The molecule has 1 heterocycles. The number of hydrogen-bond acceptors (Lipinski definition) is 3. The minimum Gasteiger partial charge on any atom is -0.481 e. The molecule has 4 heteroatoms. The molecule has 1 saturated heterocycles. The van der Waals surface area contributed by atoms with Crippen molar-refractivity contribution in [2.24, 2.45) is 5.41 Å². The second kappa shape index (κ2) is 3.95. The van der Waals surface area contributed by atoms with Gasteiger partial charge in [0.05, 0.1) is 23.2 Å². The van der Waals surface area contributed by atoms with Gasteiger partial charge in [0.15, 0.2) is 0 Å². The fraction of sp³-hybridized carbons (Fsp3) is 0.923. The topological polar surface area (TPSA) is 66.8 Å². The van der Waals surface area contributed by atoms with Crippen molar-refractivity contribution in [3.05, 3.63) is 0 Å². The Balaban J connectivity index is 2.49. The van der Waals surface area contributed by atoms with Gasteiger partial charge in [-0.1, -0.05) is 13.8 Å². The number of aliphatic carboxylic acids is 1. The summed E-state index contributed by atoms with van der Waals surface area (Å²) in [6.45, 7) is 3.91. The van der Waals surface area contributed by atoms with Crippen molar-refractivity contribution in [1.82, 2.24) is 0 Å². The largest absolute Gasteiger partial charge is 0.481 e. The van der Waals surface area contributed by atoms with Crippen LogP contribution in [-0.4, -0.2) is 34.0 Å². The van der Waals surface area contributed by atoms with Crippen molar-refractivity contribution in [2.75, 3.05) is 6.61 Å². The average Bonchev–Trinajstić information content (AvgIpc) is 2.56. The molecule has 2 bridgehead atoms. The van der Waals surface area contributed by atoms with Crippen LogP contribution >= 0.6 is 0 Å². The fourth-order valence-electron chi connectivity index (χ4n) is 4.04. The second-order valence-electron chi connectivity index (χ2n) is 5.56. The average molecular weight is 242 g/mol. The van der Waals surface area contributed by atoms with Gasteiger partial charge in [-0.25, -0.2) is 0 Å². The van der Waals surface area contributed by atoms with Crippen LogP contribution in [0.4, 0.5) is 0 Å². The van der Waals surface area contributed by atoms with E-state index < -0.39 is 22.6 Å². The van der Waals surface area contributed by atoms with Crippen LogP contribution < -0.4 is 0 Å². The summed E-state index contributed by atoms with van der Waals surface area (Å²) < 4.78 is 6.14. The third kappa shape index (κ3) is 1.47. The number of carboxylic acid groups (broad SMARTS) is 1. The molecule has 98 valence electrons. The van der Waals surface area contributed by atoms with Gasteiger partial charge < -0.3 is 14.9 Å². The second-order valence-corrected chi connectivity index (χ2v) is 5.56. The third-order valence-corrected chi connectivity index (χ3v) is 4.98. The van der Waals surface area contributed by atoms with E-state index in [2.05, 4.69) is 0 Å². The summed E-state index contributed by atoms with van der Waals surface area (Å²) in [4.78, 5) is 11.8. The van der Waals surface area contributed by atoms with E-state index >= 15 is 0 Å². The summed E-state index contributed by atoms with van der Waals surface area (Å²) in [7, 11) is 0. The summed E-state index contributed by atoms with van der Waals surface area (Å²) in [5.41, 5.74) is -2.00. The summed E-state index contributed by atoms with van der Waals surface area (Å²) in [6, 6.07) is 0. The lowest BCUT2D eigenvalue weighted by Gasteiger charge is -2.40. The Labute approximate surface area is 102 Å². The van der Waals surface area contributed by atoms with Crippen LogP contribution in [0.25, 0.3) is 0 Å². The highest BCUT2D eigenvalue weighted by Crippen LogP contribution is 2.61. The molecule has 2 rings (SSSR count). The Hall–Kier alpha value is -0.610. The van der Waals surface area contributed by atoms with Crippen molar-refractivity contribution < 1.29 is 19.7 Å². The van der Waals surface area contributed by atoms with Crippen molar-refractivity contribution in [2.45, 2.75) is 63.6 Å². The van der Waals surface area contributed by atoms with Gasteiger partial charge >= 0.3 is 5.97 Å². The predicted molar refractivity (Wildman–Crippen MR) is 62.8 cm³/mol. The van der Waals surface area contributed by atoms with Gasteiger partial charge in [-0.3, -0.25) is 4.79 Å². The lowest BCUT2D eigenvalue weighted by atomic mass is 9.61. The highest BCUT2D eigenvalue weighted by atomic mass is 16.5. The Morgan fingerprint density at radius 2 is 1.94 bits per heavy atom. The number of fused-ring (bicyclic) bond motifs is 2. The first-order valence-electron chi connectivity index (χ1n) is 6.54. The summed E-state index contributed by atoms with van der Waals surface area (Å²) >= 11 is 0. The lowest BCUT2D eigenvalue weighted by Crippen LogP contribution is -2.49. The molecule has 0 aromatic heterocycles. The first-order valence-corrected chi connectivity index (χ1v) is 6.54. The van der Waals surface area contributed by atoms with Gasteiger partial charge in [-0.05, 0) is 38.5 Å². The van der Waals surface area contributed by atoms with Gasteiger partial charge in [0.2, 0.25) is 0 Å². The Bertz CT molecular complexity index is 323. The van der Waals surface area contributed by atoms with E-state index in [1.165, 1.54) is 0 Å². The highest BCUT2D eigenvalue weighted by Gasteiger charge is 2.68. The number of carbonyl (C=O) groups is 1. The standard InChI is InChI=1S/C13H22O4/c1-3-13(4-2)12(10(15)16)7-5-6-11(8-12,9-14)17-13/h14H,3-9H2,1-2H3,(H,15,16)/t11-,12-/m0/s1. The Morgan fingerprint density at radius 1 is 1.29 bits per heavy atom. The van der Waals surface area contributed by atoms with Crippen LogP contribution in [0.2, 0.25) is 0 Å². The number of hydrogen-bond donors (Lipinski definition) is 2. The number of aliphatic hydroxyl groups is 1. The van der Waals surface area contributed by atoms with E-state index in [9.17, 15) is 15.0 Å². The molecular formula is C13H22O4. The van der Waals surface area contributed by atoms with E-state index in [-0.39, 0.29) is 6.61 Å². The maximum absolute atomic E-state index is 11.8. The van der Waals surface area contributed by atoms with Gasteiger partial charge in [0, 0.05) is 0 Å². The summed E-state index contributed by atoms with van der Waals surface area (Å²) in [5, 5.41) is 19.2. The smallest absolute Gasteiger partial charge is 0.312 e. The first-order chi connectivity index (χ1) is 8.00. The summed E-state index contributed by atoms with van der Waals surface area (Å²) in [6.07, 6.45) is 4.13. The number of rotatable bonds is 4. The lowest BCUT2D eigenvalue weighted by molar-refractivity contribution is -0.169. The highest BCUT2D eigenvalue weighted by molar-refractivity contribution is 5.77. The molecular weight excluding hydrogens is 220 g/mol. The summed E-state index contributed by atoms with van der Waals surface area (Å²) in [5.74, 6) is -0.753. The predicted octanol–water partition coefficient (Wildman–Crippen LogP) is 1.95. The van der Waals surface area contributed by atoms with E-state index in [1.54, 1.807) is 0 Å². The monoisotopic (exact) mass is 242 g/mol. The van der Waals surface area contributed by atoms with Crippen LogP contribution in [0.3, 0.4) is 0 Å². The van der Waals surface area contributed by atoms with Crippen LogP contribution in [0.15, 0.2) is 0 Å². The van der Waals surface area contributed by atoms with Crippen LogP contribution in [0, 0.1) is 5.41 Å². The number of ether oxygens (including phenoxy) is 1. The van der Waals surface area contributed by atoms with Crippen LogP contribution in [0.1, 0.15) is 52.4 Å². The zero-order chi connectivity index (χ0) is 12.7. The van der Waals surface area contributed by atoms with E-state index in [0.29, 0.717) is 25.7 Å². The first kappa shape index (κ1) is 12.8. The molecule has 4 nitrogen and oxygen atoms in total. The van der Waals surface area contributed by atoms with Gasteiger partial charge in [0.25, 0.3) is 0 Å². The zero-order valence-corrected chi connectivity index (χ0v) is 10.7. The molecule has 1 saturated carbocycles. The quantitative estimate of drug-likeness (QED) is 0.790. The van der Waals surface area contributed by atoms with E-state index in [1.807, 2.05) is 13.8 Å². The van der Waals surface area contributed by atoms with Crippen molar-refractivity contribution in [3.8, 4) is 0 Å². The number of aliphatic hydroxyl groups excluding tert-OH is 1. The molecule has 0 spiro atoms. The van der Waals surface area contributed by atoms with Crippen LogP contribution in [-0.2, 0) is 9.53 Å². The van der Waals surface area contributed by atoms with Gasteiger partial charge in [-0.2, -0.15) is 0 Å². The molecule has 1 aliphatic carbocycles. The number of carboxylic acids is 1. The van der Waals surface area contributed by atoms with Gasteiger partial charge in [0.1, 0.15) is 0 Å². The minimum absolute atomic E-state index is 0.0657. The van der Waals surface area contributed by atoms with E-state index in [4.69, 9.17) is 4.74 Å². The molecule has 0 aromatic rings. The molecule has 0 amide bonds. The van der Waals surface area contributed by atoms with Crippen LogP contribution in [0.5, 0.6) is 0 Å². The molecule has 0 unspecified atom stereocenters. The molecule has 1 aliphatic heterocycles. The Kier molecular flexibility index (Phi) is 2.99.